The molecule has 0 bridgehead atoms. The molecule has 6 heteroatoms. The average molecular weight is 320 g/mol. The monoisotopic (exact) mass is 320 g/mol. The number of benzene rings is 1. The molecule has 2 rings (SSSR count). The van der Waals surface area contributed by atoms with Crippen LogP contribution in [0, 0.1) is 6.92 Å². The summed E-state index contributed by atoms with van der Waals surface area (Å²) in [5.41, 5.74) is 4.89. The van der Waals surface area contributed by atoms with Crippen molar-refractivity contribution in [3.63, 3.8) is 0 Å². The third-order valence-corrected chi connectivity index (χ3v) is 4.85. The van der Waals surface area contributed by atoms with Crippen molar-refractivity contribution in [3.8, 4) is 5.75 Å². The van der Waals surface area contributed by atoms with E-state index in [4.69, 9.17) is 4.74 Å². The van der Waals surface area contributed by atoms with Gasteiger partial charge in [-0.1, -0.05) is 11.8 Å². The Kier molecular flexibility index (Phi) is 5.41. The number of Topliss-reactive ketones (excluding diaryl/α,β-unsaturated/α-hetero) is 1. The van der Waals surface area contributed by atoms with Crippen molar-refractivity contribution in [1.29, 1.82) is 0 Å². The molecule has 21 heavy (non-hydrogen) atoms. The second kappa shape index (κ2) is 7.28. The molecule has 0 unspecified atom stereocenters. The van der Waals surface area contributed by atoms with Crippen LogP contribution in [-0.2, 0) is 4.79 Å². The van der Waals surface area contributed by atoms with Gasteiger partial charge in [0.25, 0.3) is 0 Å². The van der Waals surface area contributed by atoms with Gasteiger partial charge >= 0.3 is 0 Å². The van der Waals surface area contributed by atoms with Gasteiger partial charge in [-0.3, -0.25) is 10.2 Å². The van der Waals surface area contributed by atoms with Gasteiger partial charge < -0.3 is 4.74 Å². The van der Waals surface area contributed by atoms with E-state index in [0.717, 1.165) is 15.6 Å². The number of methoxy groups -OCH3 is 1. The highest BCUT2D eigenvalue weighted by Crippen LogP contribution is 2.27. The number of nitrogens with one attached hydrogen (secondary N) is 1. The fourth-order valence-electron chi connectivity index (χ4n) is 1.51. The molecule has 0 atom stereocenters. The second-order valence-electron chi connectivity index (χ2n) is 4.36. The van der Waals surface area contributed by atoms with E-state index in [-0.39, 0.29) is 5.78 Å². The number of thioether (sulfide) groups is 1. The van der Waals surface area contributed by atoms with E-state index >= 15 is 0 Å². The van der Waals surface area contributed by atoms with E-state index in [0.29, 0.717) is 5.04 Å². The van der Waals surface area contributed by atoms with Crippen LogP contribution in [0.2, 0.25) is 0 Å². The van der Waals surface area contributed by atoms with E-state index in [2.05, 4.69) is 15.9 Å². The number of nitrogens with zero attached hydrogens (tertiary/aromatic N) is 1. The number of aryl methyl sites for hydroxylation is 1. The molecular formula is C15H16N2O2S2. The maximum atomic E-state index is 11.7. The molecule has 0 saturated carbocycles. The number of rotatable bonds is 5. The van der Waals surface area contributed by atoms with Crippen molar-refractivity contribution in [2.24, 2.45) is 5.10 Å². The minimum atomic E-state index is -0.0629. The van der Waals surface area contributed by atoms with Crippen LogP contribution < -0.4 is 10.2 Å². The molecule has 1 N–H and O–H groups in total. The first kappa shape index (κ1) is 15.6. The Hall–Kier alpha value is -1.79. The number of carbonyl (C=O) groups is 1. The van der Waals surface area contributed by atoms with Gasteiger partial charge in [0.15, 0.2) is 10.8 Å². The number of hydrogen-bond donors (Lipinski definition) is 1. The summed E-state index contributed by atoms with van der Waals surface area (Å²) in [6.45, 7) is 3.54. The van der Waals surface area contributed by atoms with Gasteiger partial charge in [-0.05, 0) is 48.2 Å². The van der Waals surface area contributed by atoms with Gasteiger partial charge in [0, 0.05) is 6.92 Å². The van der Waals surface area contributed by atoms with Crippen LogP contribution in [0.15, 0.2) is 45.0 Å². The maximum absolute atomic E-state index is 11.7. The lowest BCUT2D eigenvalue weighted by Gasteiger charge is -2.04. The number of hydrogen-bond acceptors (Lipinski definition) is 6. The number of carbonyl (C=O) groups excluding carboxylic acids is 1. The first-order valence-electron chi connectivity index (χ1n) is 6.30. The molecular weight excluding hydrogens is 304 g/mol. The van der Waals surface area contributed by atoms with Gasteiger partial charge in [-0.15, -0.1) is 11.3 Å². The predicted octanol–water partition coefficient (Wildman–Crippen LogP) is 4.17. The fourth-order valence-corrected chi connectivity index (χ4v) is 3.38. The van der Waals surface area contributed by atoms with Crippen molar-refractivity contribution < 1.29 is 9.53 Å². The minimum absolute atomic E-state index is 0.0629. The van der Waals surface area contributed by atoms with Crippen molar-refractivity contribution in [1.82, 2.24) is 0 Å². The van der Waals surface area contributed by atoms with Crippen LogP contribution in [0.5, 0.6) is 5.75 Å². The third-order valence-electron chi connectivity index (χ3n) is 2.58. The van der Waals surface area contributed by atoms with Gasteiger partial charge in [0.1, 0.15) is 5.75 Å². The van der Waals surface area contributed by atoms with Crippen LogP contribution in [0.25, 0.3) is 0 Å². The number of anilines is 1. The van der Waals surface area contributed by atoms with E-state index in [1.54, 1.807) is 18.4 Å². The fraction of sp³-hybridized carbons (Fsp3) is 0.200. The maximum Gasteiger partial charge on any atom is 0.186 e. The molecule has 1 aromatic carbocycles. The third kappa shape index (κ3) is 4.61. The van der Waals surface area contributed by atoms with E-state index in [9.17, 15) is 4.79 Å². The SMILES string of the molecule is COc1ccc(NN=C(Sc2cc(C)cs2)C(C)=O)cc1. The zero-order valence-electron chi connectivity index (χ0n) is 12.0. The van der Waals surface area contributed by atoms with Gasteiger partial charge in [0.05, 0.1) is 17.0 Å². The summed E-state index contributed by atoms with van der Waals surface area (Å²) >= 11 is 2.98. The summed E-state index contributed by atoms with van der Waals surface area (Å²) in [5.74, 6) is 0.715. The minimum Gasteiger partial charge on any atom is -0.497 e. The molecule has 1 heterocycles. The number of ether oxygens (including phenoxy) is 1. The largest absolute Gasteiger partial charge is 0.497 e. The van der Waals surface area contributed by atoms with Crippen LogP contribution in [-0.4, -0.2) is 17.9 Å². The summed E-state index contributed by atoms with van der Waals surface area (Å²) in [4.78, 5) is 11.7. The predicted molar refractivity (Wildman–Crippen MR) is 89.6 cm³/mol. The van der Waals surface area contributed by atoms with Gasteiger partial charge in [-0.25, -0.2) is 0 Å². The smallest absolute Gasteiger partial charge is 0.186 e. The van der Waals surface area contributed by atoms with Crippen LogP contribution in [0.3, 0.4) is 0 Å². The molecule has 1 aromatic heterocycles. The molecule has 4 nitrogen and oxygen atoms in total. The zero-order chi connectivity index (χ0) is 15.2. The first-order valence-corrected chi connectivity index (χ1v) is 8.00. The Balaban J connectivity index is 2.08. The molecule has 0 aliphatic carbocycles. The highest BCUT2D eigenvalue weighted by molar-refractivity contribution is 8.17. The Bertz CT molecular complexity index is 648. The van der Waals surface area contributed by atoms with E-state index < -0.39 is 0 Å². The Labute approximate surface area is 132 Å². The highest BCUT2D eigenvalue weighted by atomic mass is 32.2. The molecule has 0 radical (unpaired) electrons. The van der Waals surface area contributed by atoms with Crippen molar-refractivity contribution in [2.75, 3.05) is 12.5 Å². The van der Waals surface area contributed by atoms with E-state index in [1.165, 1.54) is 24.2 Å². The molecule has 0 saturated heterocycles. The summed E-state index contributed by atoms with van der Waals surface area (Å²) in [6.07, 6.45) is 0. The molecule has 0 spiro atoms. The lowest BCUT2D eigenvalue weighted by atomic mass is 10.3. The second-order valence-corrected chi connectivity index (χ2v) is 6.56. The highest BCUT2D eigenvalue weighted by Gasteiger charge is 2.10. The standard InChI is InChI=1S/C15H16N2O2S2/c1-10-8-14(20-9-10)21-15(11(2)18)17-16-12-4-6-13(19-3)7-5-12/h4-9,16H,1-3H3. The van der Waals surface area contributed by atoms with Crippen LogP contribution in [0.1, 0.15) is 12.5 Å². The summed E-state index contributed by atoms with van der Waals surface area (Å²) < 4.78 is 6.15. The lowest BCUT2D eigenvalue weighted by molar-refractivity contribution is -0.110. The van der Waals surface area contributed by atoms with Crippen molar-refractivity contribution in [3.05, 3.63) is 41.3 Å². The number of hydrazone groups is 1. The molecule has 110 valence electrons. The van der Waals surface area contributed by atoms with Crippen LogP contribution >= 0.6 is 23.1 Å². The van der Waals surface area contributed by atoms with Crippen LogP contribution in [0.4, 0.5) is 5.69 Å². The molecule has 0 aliphatic rings. The molecule has 0 fully saturated rings. The Morgan fingerprint density at radius 3 is 2.57 bits per heavy atom. The van der Waals surface area contributed by atoms with E-state index in [1.807, 2.05) is 37.3 Å². The lowest BCUT2D eigenvalue weighted by Crippen LogP contribution is -2.07. The van der Waals surface area contributed by atoms with Gasteiger partial charge in [-0.2, -0.15) is 5.10 Å². The Morgan fingerprint density at radius 2 is 2.05 bits per heavy atom. The zero-order valence-corrected chi connectivity index (χ0v) is 13.7. The Morgan fingerprint density at radius 1 is 1.33 bits per heavy atom. The average Bonchev–Trinajstić information content (AvgIpc) is 2.89. The number of ketones is 1. The van der Waals surface area contributed by atoms with Crippen molar-refractivity contribution >= 4 is 39.6 Å². The number of thiophene rings is 1. The summed E-state index contributed by atoms with van der Waals surface area (Å²) in [5, 5.41) is 6.69. The summed E-state index contributed by atoms with van der Waals surface area (Å²) in [7, 11) is 1.62. The normalized spacial score (nSPS) is 11.3. The molecule has 0 amide bonds. The quantitative estimate of drug-likeness (QED) is 0.389. The topological polar surface area (TPSA) is 50.7 Å². The van der Waals surface area contributed by atoms with Gasteiger partial charge in [0.2, 0.25) is 0 Å². The van der Waals surface area contributed by atoms with Crippen molar-refractivity contribution in [2.45, 2.75) is 18.1 Å². The first-order chi connectivity index (χ1) is 10.1. The summed E-state index contributed by atoms with van der Waals surface area (Å²) in [6, 6.07) is 9.41. The molecule has 2 aromatic rings. The molecule has 0 aliphatic heterocycles.